The van der Waals surface area contributed by atoms with Crippen molar-refractivity contribution in [2.24, 2.45) is 0 Å². The maximum atomic E-state index is 11.7. The van der Waals surface area contributed by atoms with E-state index >= 15 is 0 Å². The number of nitrogens with one attached hydrogen (secondary N) is 2. The summed E-state index contributed by atoms with van der Waals surface area (Å²) in [7, 11) is 1.80. The largest absolute Gasteiger partial charge is 0.352 e. The highest BCUT2D eigenvalue weighted by atomic mass is 16.2. The molecule has 0 bridgehead atoms. The van der Waals surface area contributed by atoms with Gasteiger partial charge in [0.25, 0.3) is 0 Å². The van der Waals surface area contributed by atoms with Crippen LogP contribution in [-0.4, -0.2) is 49.4 Å². The van der Waals surface area contributed by atoms with Gasteiger partial charge in [0.15, 0.2) is 0 Å². The lowest BCUT2D eigenvalue weighted by Gasteiger charge is -2.21. The topological polar surface area (TPSA) is 61.4 Å². The molecule has 94 valence electrons. The van der Waals surface area contributed by atoms with Crippen LogP contribution in [0.5, 0.6) is 0 Å². The summed E-state index contributed by atoms with van der Waals surface area (Å²) in [6.07, 6.45) is 0.430. The summed E-state index contributed by atoms with van der Waals surface area (Å²) >= 11 is 0. The summed E-state index contributed by atoms with van der Waals surface area (Å²) < 4.78 is 0. The van der Waals surface area contributed by atoms with E-state index in [9.17, 15) is 9.59 Å². The molecule has 0 spiro atoms. The predicted octanol–water partition coefficient (Wildman–Crippen LogP) is -0.0310. The normalized spacial score (nSPS) is 10.3. The summed E-state index contributed by atoms with van der Waals surface area (Å²) in [4.78, 5) is 24.7. The van der Waals surface area contributed by atoms with Crippen LogP contribution in [0, 0.1) is 0 Å². The maximum Gasteiger partial charge on any atom is 0.239 e. The Morgan fingerprint density at radius 2 is 1.94 bits per heavy atom. The molecule has 2 amide bonds. The zero-order valence-corrected chi connectivity index (χ0v) is 10.7. The molecule has 0 saturated heterocycles. The van der Waals surface area contributed by atoms with Crippen molar-refractivity contribution in [3.63, 3.8) is 0 Å². The molecule has 5 heteroatoms. The molecule has 0 aliphatic rings. The molecule has 0 radical (unpaired) electrons. The Balaban J connectivity index is 4.08. The molecule has 0 unspecified atom stereocenters. The Bertz CT molecular complexity index is 229. The van der Waals surface area contributed by atoms with E-state index < -0.39 is 0 Å². The first kappa shape index (κ1) is 14.9. The van der Waals surface area contributed by atoms with E-state index in [1.165, 1.54) is 0 Å². The van der Waals surface area contributed by atoms with E-state index in [1.54, 1.807) is 11.9 Å². The van der Waals surface area contributed by atoms with Gasteiger partial charge >= 0.3 is 0 Å². The van der Waals surface area contributed by atoms with Crippen LogP contribution in [0.3, 0.4) is 0 Å². The molecule has 0 aromatic rings. The molecular formula is C11H23N3O2. The Kier molecular flexibility index (Phi) is 7.54. The lowest BCUT2D eigenvalue weighted by atomic mass is 10.3. The molecule has 0 aromatic heterocycles. The molecular weight excluding hydrogens is 206 g/mol. The first-order chi connectivity index (χ1) is 7.51. The summed E-state index contributed by atoms with van der Waals surface area (Å²) in [6, 6.07) is 0.110. The summed E-state index contributed by atoms with van der Waals surface area (Å²) in [5.74, 6) is -0.0922. The van der Waals surface area contributed by atoms with Crippen molar-refractivity contribution in [3.05, 3.63) is 0 Å². The minimum Gasteiger partial charge on any atom is -0.352 e. The van der Waals surface area contributed by atoms with Crippen LogP contribution in [-0.2, 0) is 9.59 Å². The average Bonchev–Trinajstić information content (AvgIpc) is 2.21. The predicted molar refractivity (Wildman–Crippen MR) is 64.1 cm³/mol. The van der Waals surface area contributed by atoms with Crippen molar-refractivity contribution >= 4 is 11.8 Å². The van der Waals surface area contributed by atoms with Crippen molar-refractivity contribution in [2.75, 3.05) is 26.7 Å². The van der Waals surface area contributed by atoms with Gasteiger partial charge in [0.05, 0.1) is 6.54 Å². The number of hydrogen-bond donors (Lipinski definition) is 2. The van der Waals surface area contributed by atoms with Crippen LogP contribution in [0.4, 0.5) is 0 Å². The molecule has 16 heavy (non-hydrogen) atoms. The smallest absolute Gasteiger partial charge is 0.239 e. The van der Waals surface area contributed by atoms with E-state index in [-0.39, 0.29) is 24.4 Å². The van der Waals surface area contributed by atoms with Gasteiger partial charge in [-0.15, -0.1) is 0 Å². The number of rotatable bonds is 7. The first-order valence-corrected chi connectivity index (χ1v) is 5.73. The van der Waals surface area contributed by atoms with Crippen LogP contribution in [0.2, 0.25) is 0 Å². The summed E-state index contributed by atoms with van der Waals surface area (Å²) in [5.41, 5.74) is 0. The second-order valence-corrected chi connectivity index (χ2v) is 3.98. The summed E-state index contributed by atoms with van der Waals surface area (Å²) in [5, 5.41) is 5.69. The molecule has 2 N–H and O–H groups in total. The van der Waals surface area contributed by atoms with Gasteiger partial charge in [-0.2, -0.15) is 0 Å². The van der Waals surface area contributed by atoms with Crippen LogP contribution in [0.25, 0.3) is 0 Å². The van der Waals surface area contributed by atoms with Crippen LogP contribution in [0.1, 0.15) is 27.2 Å². The minimum atomic E-state index is -0.102. The Morgan fingerprint density at radius 3 is 2.38 bits per heavy atom. The number of carbonyl (C=O) groups is 2. The molecule has 0 rings (SSSR count). The van der Waals surface area contributed by atoms with Gasteiger partial charge in [0.1, 0.15) is 0 Å². The number of hydrogen-bond acceptors (Lipinski definition) is 3. The fraction of sp³-hybridized carbons (Fsp3) is 0.818. The van der Waals surface area contributed by atoms with Crippen LogP contribution in [0.15, 0.2) is 0 Å². The zero-order chi connectivity index (χ0) is 12.6. The Hall–Kier alpha value is -1.10. The third-order valence-electron chi connectivity index (χ3n) is 2.11. The van der Waals surface area contributed by atoms with Crippen molar-refractivity contribution < 1.29 is 9.59 Å². The van der Waals surface area contributed by atoms with E-state index in [4.69, 9.17) is 0 Å². The van der Waals surface area contributed by atoms with Gasteiger partial charge in [-0.05, 0) is 27.8 Å². The van der Waals surface area contributed by atoms with Crippen molar-refractivity contribution in [1.82, 2.24) is 15.5 Å². The van der Waals surface area contributed by atoms with Crippen molar-refractivity contribution in [1.29, 1.82) is 0 Å². The van der Waals surface area contributed by atoms with Gasteiger partial charge < -0.3 is 15.5 Å². The Morgan fingerprint density at radius 1 is 1.31 bits per heavy atom. The molecule has 0 heterocycles. The van der Waals surface area contributed by atoms with Gasteiger partial charge in [-0.1, -0.05) is 0 Å². The fourth-order valence-corrected chi connectivity index (χ4v) is 1.31. The molecule has 0 atom stereocenters. The molecule has 0 aliphatic heterocycles. The number of amides is 2. The maximum absolute atomic E-state index is 11.7. The third kappa shape index (κ3) is 6.40. The van der Waals surface area contributed by atoms with E-state index in [2.05, 4.69) is 10.6 Å². The molecule has 0 aliphatic carbocycles. The van der Waals surface area contributed by atoms with Crippen LogP contribution >= 0.6 is 0 Å². The number of nitrogens with zero attached hydrogens (tertiary/aromatic N) is 1. The monoisotopic (exact) mass is 229 g/mol. The Labute approximate surface area is 97.6 Å². The molecule has 0 fully saturated rings. The van der Waals surface area contributed by atoms with E-state index in [0.717, 1.165) is 0 Å². The third-order valence-corrected chi connectivity index (χ3v) is 2.11. The van der Waals surface area contributed by atoms with Gasteiger partial charge in [0.2, 0.25) is 11.8 Å². The lowest BCUT2D eigenvalue weighted by molar-refractivity contribution is -0.135. The van der Waals surface area contributed by atoms with Crippen LogP contribution < -0.4 is 10.6 Å². The highest BCUT2D eigenvalue weighted by molar-refractivity contribution is 5.84. The van der Waals surface area contributed by atoms with E-state index in [0.29, 0.717) is 19.5 Å². The number of likely N-dealkylation sites (N-methyl/N-ethyl adjacent to an activating group) is 1. The fourth-order valence-electron chi connectivity index (χ4n) is 1.31. The minimum absolute atomic E-state index is 0.00996. The van der Waals surface area contributed by atoms with Gasteiger partial charge in [0, 0.05) is 25.6 Å². The highest BCUT2D eigenvalue weighted by Crippen LogP contribution is 1.94. The molecule has 0 aromatic carbocycles. The van der Waals surface area contributed by atoms with Gasteiger partial charge in [-0.25, -0.2) is 0 Å². The van der Waals surface area contributed by atoms with E-state index in [1.807, 2.05) is 20.8 Å². The second-order valence-electron chi connectivity index (χ2n) is 3.98. The molecule has 0 saturated carbocycles. The van der Waals surface area contributed by atoms with Gasteiger partial charge in [-0.3, -0.25) is 9.59 Å². The molecule has 5 nitrogen and oxygen atoms in total. The average molecular weight is 229 g/mol. The summed E-state index contributed by atoms with van der Waals surface area (Å²) in [6.45, 7) is 7.03. The van der Waals surface area contributed by atoms with Crippen molar-refractivity contribution in [3.8, 4) is 0 Å². The SMILES string of the molecule is CCN(CC(=O)NC(C)C)C(=O)CCNC. The zero-order valence-electron chi connectivity index (χ0n) is 10.7. The number of carbonyl (C=O) groups excluding carboxylic acids is 2. The second kappa shape index (κ2) is 8.10. The highest BCUT2D eigenvalue weighted by Gasteiger charge is 2.14. The first-order valence-electron chi connectivity index (χ1n) is 5.73. The standard InChI is InChI=1S/C11H23N3O2/c1-5-14(11(16)6-7-12-4)8-10(15)13-9(2)3/h9,12H,5-8H2,1-4H3,(H,13,15). The quantitative estimate of drug-likeness (QED) is 0.644. The van der Waals surface area contributed by atoms with Crippen molar-refractivity contribution in [2.45, 2.75) is 33.2 Å². The lowest BCUT2D eigenvalue weighted by Crippen LogP contribution is -2.43.